The van der Waals surface area contributed by atoms with Gasteiger partial charge >= 0.3 is 0 Å². The molecule has 28 heavy (non-hydrogen) atoms. The monoisotopic (exact) mass is 386 g/mol. The summed E-state index contributed by atoms with van der Waals surface area (Å²) < 4.78 is 0. The van der Waals surface area contributed by atoms with Crippen LogP contribution in [0, 0.1) is 0 Å². The first-order valence-electron chi connectivity index (χ1n) is 10.6. The summed E-state index contributed by atoms with van der Waals surface area (Å²) >= 11 is 0. The van der Waals surface area contributed by atoms with Crippen LogP contribution < -0.4 is 27.0 Å². The maximum Gasteiger partial charge on any atom is 0.195 e. The molecule has 0 bridgehead atoms. The van der Waals surface area contributed by atoms with Gasteiger partial charge in [0.25, 0.3) is 0 Å². The maximum absolute atomic E-state index is 12.8. The van der Waals surface area contributed by atoms with Gasteiger partial charge in [-0.25, -0.2) is 0 Å². The van der Waals surface area contributed by atoms with Gasteiger partial charge in [-0.2, -0.15) is 0 Å². The highest BCUT2D eigenvalue weighted by Gasteiger charge is 2.22. The largest absolute Gasteiger partial charge is 0.353 e. The Hall–Kier alpha value is -2.09. The van der Waals surface area contributed by atoms with Crippen LogP contribution in [0.3, 0.4) is 0 Å². The van der Waals surface area contributed by atoms with Crippen LogP contribution >= 0.6 is 0 Å². The molecule has 0 radical (unpaired) electrons. The Kier molecular flexibility index (Phi) is 8.14. The molecule has 2 aromatic carbocycles. The van der Waals surface area contributed by atoms with E-state index < -0.39 is 0 Å². The van der Waals surface area contributed by atoms with Crippen molar-refractivity contribution in [2.24, 2.45) is 0 Å². The zero-order chi connectivity index (χ0) is 19.6. The van der Waals surface area contributed by atoms with Gasteiger partial charge in [0.2, 0.25) is 0 Å². The smallest absolute Gasteiger partial charge is 0.195 e. The van der Waals surface area contributed by atoms with Gasteiger partial charge in [0, 0.05) is 10.9 Å². The second-order valence-corrected chi connectivity index (χ2v) is 7.48. The molecule has 0 fully saturated rings. The quantitative estimate of drug-likeness (QED) is 0.222. The van der Waals surface area contributed by atoms with Crippen molar-refractivity contribution < 1.29 is 31.8 Å². The Balaban J connectivity index is 1.34. The van der Waals surface area contributed by atoms with E-state index in [1.54, 1.807) is 0 Å². The Morgan fingerprint density at radius 1 is 0.750 bits per heavy atom. The van der Waals surface area contributed by atoms with E-state index in [0.29, 0.717) is 0 Å². The van der Waals surface area contributed by atoms with Gasteiger partial charge in [0.15, 0.2) is 5.78 Å². The summed E-state index contributed by atoms with van der Waals surface area (Å²) in [6, 6.07) is 12.3. The van der Waals surface area contributed by atoms with Gasteiger partial charge in [-0.05, 0) is 17.0 Å². The summed E-state index contributed by atoms with van der Waals surface area (Å²) in [5.41, 5.74) is 6.79. The highest BCUT2D eigenvalue weighted by molar-refractivity contribution is 6.22. The molecule has 3 rings (SSSR count). The van der Waals surface area contributed by atoms with E-state index >= 15 is 0 Å². The van der Waals surface area contributed by atoms with Crippen LogP contribution in [-0.4, -0.2) is 64.7 Å². The summed E-state index contributed by atoms with van der Waals surface area (Å²) in [4.78, 5) is 12.8. The molecule has 0 aromatic heterocycles. The number of benzene rings is 2. The lowest BCUT2D eigenvalue weighted by Gasteiger charge is -2.16. The molecule has 0 saturated carbocycles. The van der Waals surface area contributed by atoms with E-state index in [2.05, 4.69) is 57.3 Å². The number of hydrogen-bond donors (Lipinski definition) is 5. The second kappa shape index (κ2) is 11.0. The maximum atomic E-state index is 12.8. The average Bonchev–Trinajstić information content (AvgIpc) is 2.72. The van der Waals surface area contributed by atoms with Crippen LogP contribution in [0.2, 0.25) is 0 Å². The Bertz CT molecular complexity index is 812. The van der Waals surface area contributed by atoms with Crippen molar-refractivity contribution in [2.45, 2.75) is 0 Å². The van der Waals surface area contributed by atoms with Crippen molar-refractivity contribution in [1.82, 2.24) is 0 Å². The fourth-order valence-electron chi connectivity index (χ4n) is 3.80. The minimum absolute atomic E-state index is 0.190. The Labute approximate surface area is 166 Å². The molecule has 1 aliphatic rings. The Morgan fingerprint density at radius 2 is 1.36 bits per heavy atom. The molecule has 0 atom stereocenters. The van der Waals surface area contributed by atoms with E-state index in [-0.39, 0.29) is 5.78 Å². The highest BCUT2D eigenvalue weighted by Crippen LogP contribution is 2.30. The molecule has 0 heterocycles. The summed E-state index contributed by atoms with van der Waals surface area (Å²) in [6.45, 7) is 9.72. The van der Waals surface area contributed by atoms with E-state index in [1.807, 2.05) is 12.1 Å². The predicted molar refractivity (Wildman–Crippen MR) is 111 cm³/mol. The molecule has 6 heteroatoms. The van der Waals surface area contributed by atoms with Crippen LogP contribution in [-0.2, 0) is 0 Å². The molecular weight excluding hydrogens is 350 g/mol. The Morgan fingerprint density at radius 3 is 2.04 bits per heavy atom. The lowest BCUT2D eigenvalue weighted by atomic mass is 9.88. The topological polar surface area (TPSA) is 111 Å². The number of rotatable bonds is 13. The molecule has 150 valence electrons. The molecule has 0 amide bonds. The lowest BCUT2D eigenvalue weighted by Crippen LogP contribution is -3.01. The number of ketones is 1. The number of hydrogen-bond acceptors (Lipinski definition) is 1. The van der Waals surface area contributed by atoms with Crippen LogP contribution in [0.1, 0.15) is 15.9 Å². The standard InChI is InChI=1S/C22H31N5O/c23-7-8-24-9-10-25-11-12-26-13-14-27-16-19-15-18-5-1-3-17-4-2-6-20(21(17)18)22(19)28/h1-6,15,24-27H,7-14,16,23H2/p+5. The van der Waals surface area contributed by atoms with E-state index in [4.69, 9.17) is 0 Å². The predicted octanol–water partition coefficient (Wildman–Crippen LogP) is -4.09. The van der Waals surface area contributed by atoms with Gasteiger partial charge in [-0.1, -0.05) is 36.4 Å². The first-order chi connectivity index (χ1) is 13.8. The molecule has 11 N–H and O–H groups in total. The third-order valence-corrected chi connectivity index (χ3v) is 5.30. The molecule has 1 aliphatic carbocycles. The highest BCUT2D eigenvalue weighted by atomic mass is 16.1. The fourth-order valence-corrected chi connectivity index (χ4v) is 3.80. The van der Waals surface area contributed by atoms with Crippen molar-refractivity contribution in [3.05, 3.63) is 53.1 Å². The second-order valence-electron chi connectivity index (χ2n) is 7.48. The molecule has 0 spiro atoms. The lowest BCUT2D eigenvalue weighted by molar-refractivity contribution is -0.763. The number of carbonyl (C=O) groups is 1. The molecule has 6 nitrogen and oxygen atoms in total. The molecular formula is C22H36N5O+5. The van der Waals surface area contributed by atoms with Gasteiger partial charge in [-0.3, -0.25) is 4.79 Å². The van der Waals surface area contributed by atoms with E-state index in [9.17, 15) is 4.79 Å². The van der Waals surface area contributed by atoms with E-state index in [1.165, 1.54) is 25.2 Å². The summed E-state index contributed by atoms with van der Waals surface area (Å²) in [7, 11) is 0. The van der Waals surface area contributed by atoms with Crippen LogP contribution in [0.25, 0.3) is 16.8 Å². The van der Waals surface area contributed by atoms with Gasteiger partial charge in [0.1, 0.15) is 58.9 Å². The number of quaternary nitrogens is 5. The summed E-state index contributed by atoms with van der Waals surface area (Å²) in [6.07, 6.45) is 2.08. The van der Waals surface area contributed by atoms with Crippen LogP contribution in [0.5, 0.6) is 0 Å². The first kappa shape index (κ1) is 20.6. The van der Waals surface area contributed by atoms with Crippen molar-refractivity contribution in [2.75, 3.05) is 58.9 Å². The third-order valence-electron chi connectivity index (χ3n) is 5.30. The molecule has 0 saturated heterocycles. The van der Waals surface area contributed by atoms with Crippen LogP contribution in [0.15, 0.2) is 42.0 Å². The minimum atomic E-state index is 0.190. The van der Waals surface area contributed by atoms with Gasteiger partial charge in [0.05, 0.1) is 5.57 Å². The number of Topliss-reactive ketones (excluding diaryl/α,β-unsaturated/α-hetero) is 1. The normalized spacial score (nSPS) is 13.2. The average molecular weight is 387 g/mol. The van der Waals surface area contributed by atoms with Crippen molar-refractivity contribution in [3.8, 4) is 0 Å². The third kappa shape index (κ3) is 5.47. The first-order valence-corrected chi connectivity index (χ1v) is 10.6. The summed E-state index contributed by atoms with van der Waals surface area (Å²) in [5, 5.41) is 11.6. The fraction of sp³-hybridized carbons (Fsp3) is 0.409. The minimum Gasteiger partial charge on any atom is -0.353 e. The van der Waals surface area contributed by atoms with Crippen molar-refractivity contribution in [3.63, 3.8) is 0 Å². The van der Waals surface area contributed by atoms with Crippen molar-refractivity contribution >= 4 is 22.6 Å². The van der Waals surface area contributed by atoms with Gasteiger partial charge in [-0.15, -0.1) is 0 Å². The molecule has 2 aromatic rings. The number of nitrogens with two attached hydrogens (primary N) is 4. The zero-order valence-corrected chi connectivity index (χ0v) is 16.8. The van der Waals surface area contributed by atoms with Gasteiger partial charge < -0.3 is 27.0 Å². The molecule has 0 aliphatic heterocycles. The van der Waals surface area contributed by atoms with Crippen molar-refractivity contribution in [1.29, 1.82) is 0 Å². The van der Waals surface area contributed by atoms with Crippen LogP contribution in [0.4, 0.5) is 0 Å². The number of carbonyl (C=O) groups excluding carboxylic acids is 1. The molecule has 0 unspecified atom stereocenters. The SMILES string of the molecule is [NH3+]CC[NH2+]CC[NH2+]CC[NH2+]CC[NH2+]CC1=Cc2cccc3cccc(c23)C1=O. The zero-order valence-electron chi connectivity index (χ0n) is 16.8. The summed E-state index contributed by atoms with van der Waals surface area (Å²) in [5.74, 6) is 0.190. The van der Waals surface area contributed by atoms with E-state index in [0.717, 1.165) is 61.2 Å².